The van der Waals surface area contributed by atoms with Crippen LogP contribution in [-0.4, -0.2) is 46.2 Å². The second kappa shape index (κ2) is 6.47. The van der Waals surface area contributed by atoms with Gasteiger partial charge in [-0.2, -0.15) is 5.10 Å². The van der Waals surface area contributed by atoms with Gasteiger partial charge < -0.3 is 15.2 Å². The zero-order chi connectivity index (χ0) is 16.4. The quantitative estimate of drug-likeness (QED) is 0.888. The summed E-state index contributed by atoms with van der Waals surface area (Å²) in [5, 5.41) is 16.8. The molecular formula is C16H18FN3O3. The summed E-state index contributed by atoms with van der Waals surface area (Å²) in [7, 11) is 1.72. The first kappa shape index (κ1) is 15.6. The molecule has 2 heterocycles. The van der Waals surface area contributed by atoms with Gasteiger partial charge in [-0.15, -0.1) is 0 Å². The Kier molecular flexibility index (Phi) is 4.40. The number of carbonyl (C=O) groups excluding carboxylic acids is 1. The monoisotopic (exact) mass is 319 g/mol. The van der Waals surface area contributed by atoms with Crippen molar-refractivity contribution in [3.63, 3.8) is 0 Å². The Morgan fingerprint density at radius 3 is 2.87 bits per heavy atom. The third-order valence-corrected chi connectivity index (χ3v) is 3.90. The number of hydrogen-bond acceptors (Lipinski definition) is 4. The molecule has 3 rings (SSSR count). The van der Waals surface area contributed by atoms with E-state index in [-0.39, 0.29) is 30.1 Å². The number of nitrogens with one attached hydrogen (secondary N) is 1. The van der Waals surface area contributed by atoms with Crippen molar-refractivity contribution >= 4 is 5.91 Å². The standard InChI is InChI=1S/C16H18FN3O3/c1-20-14(10-2-4-11(17)5-3-10)8-13(19-20)16(22)18-12-6-7-23-9-15(12)21/h2-5,8,12,15,21H,6-7,9H2,1H3,(H,18,22)/t12-,15-/m1/s1. The highest BCUT2D eigenvalue weighted by atomic mass is 19.1. The highest BCUT2D eigenvalue weighted by Crippen LogP contribution is 2.20. The second-order valence-corrected chi connectivity index (χ2v) is 5.56. The topological polar surface area (TPSA) is 76.4 Å². The maximum Gasteiger partial charge on any atom is 0.272 e. The number of hydrogen-bond donors (Lipinski definition) is 2. The number of aryl methyl sites for hydroxylation is 1. The van der Waals surface area contributed by atoms with E-state index in [0.717, 1.165) is 5.56 Å². The van der Waals surface area contributed by atoms with E-state index in [4.69, 9.17) is 4.74 Å². The molecule has 1 aromatic heterocycles. The van der Waals surface area contributed by atoms with Crippen molar-refractivity contribution in [2.75, 3.05) is 13.2 Å². The van der Waals surface area contributed by atoms with Crippen LogP contribution >= 0.6 is 0 Å². The number of aliphatic hydroxyl groups excluding tert-OH is 1. The van der Waals surface area contributed by atoms with E-state index in [1.165, 1.54) is 12.1 Å². The summed E-state index contributed by atoms with van der Waals surface area (Å²) in [6, 6.07) is 7.30. The molecule has 0 unspecified atom stereocenters. The summed E-state index contributed by atoms with van der Waals surface area (Å²) < 4.78 is 19.7. The molecule has 6 nitrogen and oxygen atoms in total. The second-order valence-electron chi connectivity index (χ2n) is 5.56. The van der Waals surface area contributed by atoms with Gasteiger partial charge >= 0.3 is 0 Å². The van der Waals surface area contributed by atoms with E-state index in [9.17, 15) is 14.3 Å². The van der Waals surface area contributed by atoms with Crippen molar-refractivity contribution in [1.82, 2.24) is 15.1 Å². The first-order valence-electron chi connectivity index (χ1n) is 7.41. The summed E-state index contributed by atoms with van der Waals surface area (Å²) in [5.41, 5.74) is 1.74. The van der Waals surface area contributed by atoms with Gasteiger partial charge in [-0.1, -0.05) is 0 Å². The number of benzene rings is 1. The zero-order valence-electron chi connectivity index (χ0n) is 12.7. The number of amides is 1. The minimum atomic E-state index is -0.715. The van der Waals surface area contributed by atoms with E-state index < -0.39 is 6.10 Å². The lowest BCUT2D eigenvalue weighted by Crippen LogP contribution is -2.48. The van der Waals surface area contributed by atoms with Crippen LogP contribution in [0.5, 0.6) is 0 Å². The van der Waals surface area contributed by atoms with Crippen LogP contribution in [0.2, 0.25) is 0 Å². The fourth-order valence-corrected chi connectivity index (χ4v) is 2.60. The molecule has 122 valence electrons. The molecule has 1 aliphatic heterocycles. The molecule has 0 bridgehead atoms. The van der Waals surface area contributed by atoms with Crippen LogP contribution in [0.4, 0.5) is 4.39 Å². The molecule has 0 saturated carbocycles. The van der Waals surface area contributed by atoms with Crippen LogP contribution in [-0.2, 0) is 11.8 Å². The van der Waals surface area contributed by atoms with E-state index >= 15 is 0 Å². The minimum Gasteiger partial charge on any atom is -0.389 e. The van der Waals surface area contributed by atoms with Gasteiger partial charge in [0, 0.05) is 13.7 Å². The summed E-state index contributed by atoms with van der Waals surface area (Å²) in [6.07, 6.45) is -0.155. The predicted molar refractivity (Wildman–Crippen MR) is 81.3 cm³/mol. The van der Waals surface area contributed by atoms with Crippen molar-refractivity contribution in [3.8, 4) is 11.3 Å². The number of ether oxygens (including phenoxy) is 1. The molecule has 2 N–H and O–H groups in total. The Hall–Kier alpha value is -2.25. The molecule has 2 aromatic rings. The largest absolute Gasteiger partial charge is 0.389 e. The fraction of sp³-hybridized carbons (Fsp3) is 0.375. The Balaban J connectivity index is 1.77. The van der Waals surface area contributed by atoms with Crippen molar-refractivity contribution in [2.45, 2.75) is 18.6 Å². The first-order chi connectivity index (χ1) is 11.0. The molecule has 1 saturated heterocycles. The predicted octanol–water partition coefficient (Wildman–Crippen LogP) is 1.11. The van der Waals surface area contributed by atoms with Gasteiger partial charge in [-0.05, 0) is 42.3 Å². The lowest BCUT2D eigenvalue weighted by molar-refractivity contribution is -0.0261. The van der Waals surface area contributed by atoms with Gasteiger partial charge in [-0.25, -0.2) is 4.39 Å². The Labute approximate surface area is 132 Å². The summed E-state index contributed by atoms with van der Waals surface area (Å²) >= 11 is 0. The molecule has 0 aliphatic carbocycles. The van der Waals surface area contributed by atoms with E-state index in [0.29, 0.717) is 18.7 Å². The van der Waals surface area contributed by atoms with Crippen molar-refractivity contribution in [3.05, 3.63) is 41.8 Å². The van der Waals surface area contributed by atoms with Crippen LogP contribution in [0, 0.1) is 5.82 Å². The molecule has 0 spiro atoms. The molecule has 2 atom stereocenters. The van der Waals surface area contributed by atoms with Gasteiger partial charge in [-0.3, -0.25) is 9.48 Å². The molecule has 1 aromatic carbocycles. The Morgan fingerprint density at radius 1 is 1.43 bits per heavy atom. The van der Waals surface area contributed by atoms with Crippen LogP contribution in [0.3, 0.4) is 0 Å². The maximum atomic E-state index is 13.0. The zero-order valence-corrected chi connectivity index (χ0v) is 12.7. The SMILES string of the molecule is Cn1nc(C(=O)N[C@@H]2CCOC[C@H]2O)cc1-c1ccc(F)cc1. The molecular weight excluding hydrogens is 301 g/mol. The molecule has 1 amide bonds. The normalized spacial score (nSPS) is 21.2. The molecule has 0 radical (unpaired) electrons. The first-order valence-corrected chi connectivity index (χ1v) is 7.41. The molecule has 23 heavy (non-hydrogen) atoms. The van der Waals surface area contributed by atoms with E-state index in [2.05, 4.69) is 10.4 Å². The van der Waals surface area contributed by atoms with Gasteiger partial charge in [0.1, 0.15) is 5.82 Å². The van der Waals surface area contributed by atoms with Crippen molar-refractivity contribution in [1.29, 1.82) is 0 Å². The van der Waals surface area contributed by atoms with Gasteiger partial charge in [0.15, 0.2) is 5.69 Å². The summed E-state index contributed by atoms with van der Waals surface area (Å²) in [4.78, 5) is 12.3. The third-order valence-electron chi connectivity index (χ3n) is 3.90. The van der Waals surface area contributed by atoms with Crippen LogP contribution in [0.15, 0.2) is 30.3 Å². The van der Waals surface area contributed by atoms with Crippen LogP contribution in [0.25, 0.3) is 11.3 Å². The lowest BCUT2D eigenvalue weighted by Gasteiger charge is -2.28. The fourth-order valence-electron chi connectivity index (χ4n) is 2.60. The molecule has 1 fully saturated rings. The number of halogens is 1. The smallest absolute Gasteiger partial charge is 0.272 e. The van der Waals surface area contributed by atoms with E-state index in [1.54, 1.807) is 29.9 Å². The van der Waals surface area contributed by atoms with Gasteiger partial charge in [0.05, 0.1) is 24.4 Å². The summed E-state index contributed by atoms with van der Waals surface area (Å²) in [5.74, 6) is -0.665. The van der Waals surface area contributed by atoms with E-state index in [1.807, 2.05) is 0 Å². The Bertz CT molecular complexity index is 699. The van der Waals surface area contributed by atoms with Gasteiger partial charge in [0.2, 0.25) is 0 Å². The maximum absolute atomic E-state index is 13.0. The average molecular weight is 319 g/mol. The highest BCUT2D eigenvalue weighted by Gasteiger charge is 2.26. The number of nitrogens with zero attached hydrogens (tertiary/aromatic N) is 2. The molecule has 7 heteroatoms. The lowest BCUT2D eigenvalue weighted by atomic mass is 10.1. The highest BCUT2D eigenvalue weighted by molar-refractivity contribution is 5.93. The van der Waals surface area contributed by atoms with Crippen LogP contribution in [0.1, 0.15) is 16.9 Å². The van der Waals surface area contributed by atoms with Crippen molar-refractivity contribution < 1.29 is 19.0 Å². The number of rotatable bonds is 3. The number of aromatic nitrogens is 2. The minimum absolute atomic E-state index is 0.216. The number of aliphatic hydroxyl groups is 1. The van der Waals surface area contributed by atoms with Crippen molar-refractivity contribution in [2.24, 2.45) is 7.05 Å². The van der Waals surface area contributed by atoms with Gasteiger partial charge in [0.25, 0.3) is 5.91 Å². The Morgan fingerprint density at radius 2 is 2.17 bits per heavy atom. The van der Waals surface area contributed by atoms with Crippen LogP contribution < -0.4 is 5.32 Å². The average Bonchev–Trinajstić information content (AvgIpc) is 2.92. The molecule has 1 aliphatic rings. The third kappa shape index (κ3) is 3.40. The number of carbonyl (C=O) groups is 1. The summed E-state index contributed by atoms with van der Waals surface area (Å²) in [6.45, 7) is 0.721.